The third-order valence-electron chi connectivity index (χ3n) is 4.82. The summed E-state index contributed by atoms with van der Waals surface area (Å²) in [4.78, 5) is 6.89. The first-order chi connectivity index (χ1) is 14.1. The van der Waals surface area contributed by atoms with E-state index in [4.69, 9.17) is 19.9 Å². The van der Waals surface area contributed by atoms with E-state index >= 15 is 0 Å². The molecule has 0 spiro atoms. The number of nitrogens with one attached hydrogen (secondary N) is 1. The van der Waals surface area contributed by atoms with Crippen LogP contribution in [0.4, 0.5) is 5.69 Å². The van der Waals surface area contributed by atoms with Crippen LogP contribution in [0.3, 0.4) is 0 Å². The molecule has 1 aliphatic rings. The number of hydrogen-bond donors (Lipinski definition) is 2. The molecule has 7 nitrogen and oxygen atoms in total. The zero-order valence-corrected chi connectivity index (χ0v) is 20.1. The third-order valence-corrected chi connectivity index (χ3v) is 4.82. The second-order valence-corrected chi connectivity index (χ2v) is 7.13. The summed E-state index contributed by atoms with van der Waals surface area (Å²) in [5.41, 5.74) is 9.19. The maximum Gasteiger partial charge on any atom is 0.193 e. The Hall–Kier alpha value is -2.04. The lowest BCUT2D eigenvalue weighted by atomic mass is 10.1. The predicted molar refractivity (Wildman–Crippen MR) is 131 cm³/mol. The normalized spacial score (nSPS) is 17.2. The molecule has 2 aromatic rings. The molecule has 3 rings (SSSR count). The number of nitrogens with zero attached hydrogens (tertiary/aromatic N) is 2. The Kier molecular flexibility index (Phi) is 9.67. The summed E-state index contributed by atoms with van der Waals surface area (Å²) in [5, 5.41) is 3.09. The van der Waals surface area contributed by atoms with Crippen LogP contribution in [0.5, 0.6) is 11.5 Å². The molecule has 1 heterocycles. The van der Waals surface area contributed by atoms with Crippen molar-refractivity contribution in [1.29, 1.82) is 0 Å². The van der Waals surface area contributed by atoms with Crippen molar-refractivity contribution in [3.05, 3.63) is 53.6 Å². The Balaban J connectivity index is 0.00000320. The van der Waals surface area contributed by atoms with E-state index in [1.807, 2.05) is 18.2 Å². The Morgan fingerprint density at radius 2 is 2.00 bits per heavy atom. The summed E-state index contributed by atoms with van der Waals surface area (Å²) in [7, 11) is 3.23. The first-order valence-electron chi connectivity index (χ1n) is 9.78. The molecular formula is C22H31IN4O3. The summed E-state index contributed by atoms with van der Waals surface area (Å²) < 4.78 is 16.2. The van der Waals surface area contributed by atoms with Crippen molar-refractivity contribution in [1.82, 2.24) is 4.90 Å². The van der Waals surface area contributed by atoms with Gasteiger partial charge in [-0.05, 0) is 30.2 Å². The summed E-state index contributed by atoms with van der Waals surface area (Å²) in [6, 6.07) is 13.9. The van der Waals surface area contributed by atoms with Gasteiger partial charge in [-0.25, -0.2) is 4.99 Å². The third kappa shape index (κ3) is 7.03. The maximum absolute atomic E-state index is 6.09. The minimum Gasteiger partial charge on any atom is -0.497 e. The van der Waals surface area contributed by atoms with Gasteiger partial charge in [0.15, 0.2) is 5.96 Å². The van der Waals surface area contributed by atoms with Crippen LogP contribution in [0.2, 0.25) is 0 Å². The minimum atomic E-state index is 0. The number of hydrogen-bond acceptors (Lipinski definition) is 5. The highest BCUT2D eigenvalue weighted by atomic mass is 127. The monoisotopic (exact) mass is 526 g/mol. The van der Waals surface area contributed by atoms with E-state index in [0.29, 0.717) is 29.7 Å². The van der Waals surface area contributed by atoms with Gasteiger partial charge in [0.05, 0.1) is 39.2 Å². The van der Waals surface area contributed by atoms with E-state index in [1.54, 1.807) is 14.2 Å². The number of nitrogens with two attached hydrogens (primary N) is 1. The van der Waals surface area contributed by atoms with Crippen molar-refractivity contribution in [2.45, 2.75) is 26.1 Å². The Labute approximate surface area is 195 Å². The Bertz CT molecular complexity index is 847. The van der Waals surface area contributed by atoms with E-state index in [9.17, 15) is 0 Å². The van der Waals surface area contributed by atoms with Gasteiger partial charge >= 0.3 is 0 Å². The molecule has 1 fully saturated rings. The smallest absolute Gasteiger partial charge is 0.193 e. The molecule has 0 aliphatic carbocycles. The van der Waals surface area contributed by atoms with Crippen LogP contribution in [-0.4, -0.2) is 50.9 Å². The van der Waals surface area contributed by atoms with E-state index in [-0.39, 0.29) is 30.1 Å². The summed E-state index contributed by atoms with van der Waals surface area (Å²) >= 11 is 0. The van der Waals surface area contributed by atoms with E-state index in [0.717, 1.165) is 31.8 Å². The number of rotatable bonds is 7. The van der Waals surface area contributed by atoms with Crippen molar-refractivity contribution in [3.8, 4) is 11.5 Å². The standard InChI is InChI=1S/C22H30N4O3.HI/c1-16-14-26(9-10-29-16)15-18-6-4-5-17(11-18)13-24-22(23)25-20-12-19(27-2)7-8-21(20)28-3;/h4-8,11-12,16H,9-10,13-15H2,1-3H3,(H3,23,24,25);1H. The fourth-order valence-electron chi connectivity index (χ4n) is 3.38. The van der Waals surface area contributed by atoms with Gasteiger partial charge in [-0.3, -0.25) is 4.90 Å². The molecule has 2 aromatic carbocycles. The van der Waals surface area contributed by atoms with Gasteiger partial charge in [0, 0.05) is 25.7 Å². The number of anilines is 1. The molecular weight excluding hydrogens is 495 g/mol. The molecule has 1 atom stereocenters. The molecule has 164 valence electrons. The number of morpholine rings is 1. The van der Waals surface area contributed by atoms with Crippen LogP contribution in [0.15, 0.2) is 47.5 Å². The molecule has 0 amide bonds. The van der Waals surface area contributed by atoms with Crippen LogP contribution in [0.1, 0.15) is 18.1 Å². The van der Waals surface area contributed by atoms with Crippen LogP contribution in [-0.2, 0) is 17.8 Å². The Morgan fingerprint density at radius 1 is 1.20 bits per heavy atom. The number of benzene rings is 2. The van der Waals surface area contributed by atoms with Gasteiger partial charge in [0.1, 0.15) is 11.5 Å². The van der Waals surface area contributed by atoms with Gasteiger partial charge in [0.25, 0.3) is 0 Å². The van der Waals surface area contributed by atoms with Gasteiger partial charge < -0.3 is 25.3 Å². The highest BCUT2D eigenvalue weighted by Gasteiger charge is 2.16. The van der Waals surface area contributed by atoms with Crippen LogP contribution in [0.25, 0.3) is 0 Å². The first-order valence-corrected chi connectivity index (χ1v) is 9.78. The van der Waals surface area contributed by atoms with E-state index < -0.39 is 0 Å². The molecule has 30 heavy (non-hydrogen) atoms. The molecule has 1 aliphatic heterocycles. The second kappa shape index (κ2) is 12.0. The average Bonchev–Trinajstić information content (AvgIpc) is 2.72. The average molecular weight is 526 g/mol. The molecule has 0 aromatic heterocycles. The molecule has 8 heteroatoms. The molecule has 1 saturated heterocycles. The van der Waals surface area contributed by atoms with Crippen molar-refractivity contribution in [3.63, 3.8) is 0 Å². The van der Waals surface area contributed by atoms with Gasteiger partial charge in [0.2, 0.25) is 0 Å². The fraction of sp³-hybridized carbons (Fsp3) is 0.409. The predicted octanol–water partition coefficient (Wildman–Crippen LogP) is 3.47. The zero-order valence-electron chi connectivity index (χ0n) is 17.8. The van der Waals surface area contributed by atoms with Crippen molar-refractivity contribution >= 4 is 35.6 Å². The second-order valence-electron chi connectivity index (χ2n) is 7.13. The number of aliphatic imine (C=N–C) groups is 1. The number of ether oxygens (including phenoxy) is 3. The van der Waals surface area contributed by atoms with Gasteiger partial charge in [-0.15, -0.1) is 24.0 Å². The first kappa shape index (κ1) is 24.2. The topological polar surface area (TPSA) is 81.3 Å². The number of halogens is 1. The lowest BCUT2D eigenvalue weighted by Gasteiger charge is -2.31. The minimum absolute atomic E-state index is 0. The molecule has 0 saturated carbocycles. The van der Waals surface area contributed by atoms with Crippen LogP contribution in [0, 0.1) is 0 Å². The van der Waals surface area contributed by atoms with Gasteiger partial charge in [-0.2, -0.15) is 0 Å². The van der Waals surface area contributed by atoms with Gasteiger partial charge in [-0.1, -0.05) is 24.3 Å². The summed E-state index contributed by atoms with van der Waals surface area (Å²) in [6.45, 7) is 6.25. The zero-order chi connectivity index (χ0) is 20.6. The summed E-state index contributed by atoms with van der Waals surface area (Å²) in [5.74, 6) is 1.71. The summed E-state index contributed by atoms with van der Waals surface area (Å²) in [6.07, 6.45) is 0.288. The van der Waals surface area contributed by atoms with Crippen molar-refractivity contribution < 1.29 is 14.2 Å². The highest BCUT2D eigenvalue weighted by molar-refractivity contribution is 14.0. The van der Waals surface area contributed by atoms with E-state index in [1.165, 1.54) is 5.56 Å². The number of guanidine groups is 1. The van der Waals surface area contributed by atoms with Crippen molar-refractivity contribution in [2.75, 3.05) is 39.2 Å². The molecule has 0 bridgehead atoms. The Morgan fingerprint density at radius 3 is 2.73 bits per heavy atom. The lowest BCUT2D eigenvalue weighted by Crippen LogP contribution is -2.40. The fourth-order valence-corrected chi connectivity index (χ4v) is 3.38. The number of methoxy groups -OCH3 is 2. The lowest BCUT2D eigenvalue weighted by molar-refractivity contribution is -0.0212. The largest absolute Gasteiger partial charge is 0.497 e. The van der Waals surface area contributed by atoms with Crippen molar-refractivity contribution in [2.24, 2.45) is 10.7 Å². The van der Waals surface area contributed by atoms with Crippen LogP contribution < -0.4 is 20.5 Å². The van der Waals surface area contributed by atoms with E-state index in [2.05, 4.69) is 46.4 Å². The SMILES string of the molecule is COc1ccc(OC)c(NC(N)=NCc2cccc(CN3CCOC(C)C3)c2)c1.I. The molecule has 1 unspecified atom stereocenters. The molecule has 0 radical (unpaired) electrons. The van der Waals surface area contributed by atoms with Crippen LogP contribution >= 0.6 is 24.0 Å². The highest BCUT2D eigenvalue weighted by Crippen LogP contribution is 2.28. The maximum atomic E-state index is 6.09. The molecule has 3 N–H and O–H groups in total. The quantitative estimate of drug-likeness (QED) is 0.327.